The Balaban J connectivity index is 1.36. The molecule has 3 aliphatic heterocycles. The number of rotatable bonds is 18. The minimum Gasteiger partial charge on any atom is -0.390 e. The molecule has 0 radical (unpaired) electrons. The van der Waals surface area contributed by atoms with Crippen LogP contribution >= 0.6 is 0 Å². The van der Waals surface area contributed by atoms with Gasteiger partial charge in [0, 0.05) is 32.4 Å². The number of carbonyl (C=O) groups is 3. The minimum atomic E-state index is -1.02. The zero-order valence-electron chi connectivity index (χ0n) is 32.0. The first-order chi connectivity index (χ1) is 23.7. The average Bonchev–Trinajstić information content (AvgIpc) is 3.07. The molecule has 11 atom stereocenters. The van der Waals surface area contributed by atoms with Crippen molar-refractivity contribution < 1.29 is 38.8 Å². The molecule has 0 aliphatic carbocycles. The summed E-state index contributed by atoms with van der Waals surface area (Å²) in [5, 5.41) is 26.2. The molecule has 0 unspecified atom stereocenters. The van der Waals surface area contributed by atoms with Crippen molar-refractivity contribution in [3.8, 4) is 0 Å². The SMILES string of the molecule is C/C=C/C(=O)C[C@@H]1CC[C@H](C)[C@@H](CC(=O)NC[C@H](O)[C@H](C)C(=O)NCCC[C@H]2O[C@@]3(CCC[C@@H](CC[C@H](C)/C=C(\C)[C@H](C)O)O3)CC[C@@H]2C)O1. The van der Waals surface area contributed by atoms with Gasteiger partial charge in [0.05, 0.1) is 49.0 Å². The molecule has 0 aromatic carbocycles. The molecule has 0 bridgehead atoms. The Bertz CT molecular complexity index is 1140. The van der Waals surface area contributed by atoms with Crippen LogP contribution in [0.3, 0.4) is 0 Å². The Labute approximate surface area is 301 Å². The first kappa shape index (κ1) is 42.3. The summed E-state index contributed by atoms with van der Waals surface area (Å²) in [7, 11) is 0. The van der Waals surface area contributed by atoms with Crippen LogP contribution in [0.2, 0.25) is 0 Å². The van der Waals surface area contributed by atoms with E-state index in [1.54, 1.807) is 26.0 Å². The summed E-state index contributed by atoms with van der Waals surface area (Å²) in [6.45, 7) is 14.2. The minimum absolute atomic E-state index is 0.0223. The van der Waals surface area contributed by atoms with Gasteiger partial charge in [-0.25, -0.2) is 0 Å². The number of nitrogens with one attached hydrogen (secondary N) is 2. The molecule has 0 saturated carbocycles. The predicted molar refractivity (Wildman–Crippen MR) is 195 cm³/mol. The number of aliphatic hydroxyl groups excluding tert-OH is 2. The molecule has 3 heterocycles. The van der Waals surface area contributed by atoms with Gasteiger partial charge in [-0.2, -0.15) is 0 Å². The first-order valence-electron chi connectivity index (χ1n) is 19.5. The molecule has 50 heavy (non-hydrogen) atoms. The number of carbonyl (C=O) groups excluding carboxylic acids is 3. The first-order valence-corrected chi connectivity index (χ1v) is 19.5. The summed E-state index contributed by atoms with van der Waals surface area (Å²) in [4.78, 5) is 37.6. The molecule has 10 heteroatoms. The van der Waals surface area contributed by atoms with Crippen LogP contribution in [-0.4, -0.2) is 83.3 Å². The fourth-order valence-corrected chi connectivity index (χ4v) is 7.51. The number of amides is 2. The van der Waals surface area contributed by atoms with Crippen LogP contribution in [0, 0.1) is 23.7 Å². The van der Waals surface area contributed by atoms with Gasteiger partial charge in [-0.05, 0) is 108 Å². The van der Waals surface area contributed by atoms with Crippen molar-refractivity contribution in [1.82, 2.24) is 10.6 Å². The van der Waals surface area contributed by atoms with E-state index in [1.165, 1.54) is 0 Å². The molecular weight excluding hydrogens is 636 g/mol. The van der Waals surface area contributed by atoms with E-state index in [1.807, 2.05) is 20.8 Å². The lowest BCUT2D eigenvalue weighted by Crippen LogP contribution is -2.50. The zero-order chi connectivity index (χ0) is 36.8. The lowest BCUT2D eigenvalue weighted by Gasteiger charge is -2.48. The number of hydrogen-bond donors (Lipinski definition) is 4. The molecule has 2 amide bonds. The summed E-state index contributed by atoms with van der Waals surface area (Å²) in [5.74, 6) is -0.680. The zero-order valence-corrected chi connectivity index (χ0v) is 32.0. The van der Waals surface area contributed by atoms with E-state index in [2.05, 4.69) is 30.6 Å². The van der Waals surface area contributed by atoms with E-state index in [0.717, 1.165) is 76.2 Å². The average molecular weight is 705 g/mol. The molecule has 3 saturated heterocycles. The highest BCUT2D eigenvalue weighted by Crippen LogP contribution is 2.43. The fraction of sp³-hybridized carbons (Fsp3) is 0.825. The Kier molecular flexibility index (Phi) is 17.6. The maximum Gasteiger partial charge on any atom is 0.225 e. The van der Waals surface area contributed by atoms with Crippen LogP contribution in [-0.2, 0) is 28.6 Å². The van der Waals surface area contributed by atoms with Crippen molar-refractivity contribution in [1.29, 1.82) is 0 Å². The van der Waals surface area contributed by atoms with Crippen molar-refractivity contribution in [2.45, 2.75) is 174 Å². The van der Waals surface area contributed by atoms with Crippen molar-refractivity contribution in [3.63, 3.8) is 0 Å². The van der Waals surface area contributed by atoms with Gasteiger partial charge in [-0.15, -0.1) is 0 Å². The lowest BCUT2D eigenvalue weighted by molar-refractivity contribution is -0.324. The Morgan fingerprint density at radius 2 is 1.64 bits per heavy atom. The molecule has 0 aromatic heterocycles. The second-order valence-electron chi connectivity index (χ2n) is 15.7. The molecule has 0 aromatic rings. The normalized spacial score (nSPS) is 31.6. The van der Waals surface area contributed by atoms with Gasteiger partial charge in [-0.1, -0.05) is 39.8 Å². The standard InChI is InChI=1S/C40H68N2O8/c1-8-11-32(44)23-34-17-15-27(3)37(48-34)24-38(46)42-25-35(45)30(6)39(47)41-21-10-13-36-28(4)18-20-40(50-36)19-9-12-33(49-40)16-14-26(2)22-29(5)31(7)43/h8,11,22,26-28,30-31,33-37,43,45H,9-10,12-21,23-25H2,1-7H3,(H,41,47)(H,42,46)/b11-8+,29-22+/t26-,27-,28-,30-,31-,33-,34-,35-,36+,37+,40-/m0/s1. The van der Waals surface area contributed by atoms with E-state index in [4.69, 9.17) is 14.2 Å². The summed E-state index contributed by atoms with van der Waals surface area (Å²) < 4.78 is 19.5. The third kappa shape index (κ3) is 13.8. The summed E-state index contributed by atoms with van der Waals surface area (Å²) in [6.07, 6.45) is 14.5. The number of aliphatic hydroxyl groups is 2. The van der Waals surface area contributed by atoms with Crippen LogP contribution < -0.4 is 10.6 Å². The van der Waals surface area contributed by atoms with Crippen LogP contribution in [0.4, 0.5) is 0 Å². The van der Waals surface area contributed by atoms with E-state index in [9.17, 15) is 24.6 Å². The van der Waals surface area contributed by atoms with Gasteiger partial charge < -0.3 is 35.1 Å². The quantitative estimate of drug-likeness (QED) is 0.0782. The third-order valence-electron chi connectivity index (χ3n) is 11.2. The molecule has 10 nitrogen and oxygen atoms in total. The highest BCUT2D eigenvalue weighted by molar-refractivity contribution is 5.89. The van der Waals surface area contributed by atoms with E-state index >= 15 is 0 Å². The fourth-order valence-electron chi connectivity index (χ4n) is 7.51. The van der Waals surface area contributed by atoms with Crippen molar-refractivity contribution in [2.24, 2.45) is 23.7 Å². The maximum absolute atomic E-state index is 12.9. The van der Waals surface area contributed by atoms with Crippen molar-refractivity contribution >= 4 is 17.6 Å². The molecule has 3 aliphatic rings. The maximum atomic E-state index is 12.9. The topological polar surface area (TPSA) is 143 Å². The smallest absolute Gasteiger partial charge is 0.225 e. The Hall–Kier alpha value is -2.11. The van der Waals surface area contributed by atoms with E-state index < -0.39 is 23.9 Å². The van der Waals surface area contributed by atoms with Gasteiger partial charge >= 0.3 is 0 Å². The second kappa shape index (κ2) is 20.8. The van der Waals surface area contributed by atoms with Gasteiger partial charge in [-0.3, -0.25) is 14.4 Å². The van der Waals surface area contributed by atoms with Crippen molar-refractivity contribution in [2.75, 3.05) is 13.1 Å². The number of ether oxygens (including phenoxy) is 3. The predicted octanol–water partition coefficient (Wildman–Crippen LogP) is 5.93. The van der Waals surface area contributed by atoms with Crippen molar-refractivity contribution in [3.05, 3.63) is 23.8 Å². The highest BCUT2D eigenvalue weighted by atomic mass is 16.7. The van der Waals surface area contributed by atoms with Gasteiger partial charge in [0.25, 0.3) is 0 Å². The van der Waals surface area contributed by atoms with Gasteiger partial charge in [0.1, 0.15) is 0 Å². The Morgan fingerprint density at radius 3 is 2.36 bits per heavy atom. The van der Waals surface area contributed by atoms with Gasteiger partial charge in [0.2, 0.25) is 11.8 Å². The third-order valence-corrected chi connectivity index (χ3v) is 11.2. The largest absolute Gasteiger partial charge is 0.390 e. The van der Waals surface area contributed by atoms with E-state index in [-0.39, 0.29) is 60.9 Å². The number of allylic oxidation sites excluding steroid dienone is 3. The second-order valence-corrected chi connectivity index (χ2v) is 15.7. The van der Waals surface area contributed by atoms with Crippen LogP contribution in [0.15, 0.2) is 23.8 Å². The van der Waals surface area contributed by atoms with Crippen LogP contribution in [0.1, 0.15) is 132 Å². The molecular formula is C40H68N2O8. The summed E-state index contributed by atoms with van der Waals surface area (Å²) in [6, 6.07) is 0. The monoisotopic (exact) mass is 704 g/mol. The Morgan fingerprint density at radius 1 is 0.900 bits per heavy atom. The van der Waals surface area contributed by atoms with E-state index in [0.29, 0.717) is 24.8 Å². The van der Waals surface area contributed by atoms with Gasteiger partial charge in [0.15, 0.2) is 11.6 Å². The lowest BCUT2D eigenvalue weighted by atomic mass is 9.85. The molecule has 3 fully saturated rings. The van der Waals surface area contributed by atoms with Crippen LogP contribution in [0.5, 0.6) is 0 Å². The highest BCUT2D eigenvalue weighted by Gasteiger charge is 2.44. The molecule has 1 spiro atoms. The molecule has 286 valence electrons. The summed E-state index contributed by atoms with van der Waals surface area (Å²) >= 11 is 0. The molecule has 3 rings (SSSR count). The van der Waals surface area contributed by atoms with Crippen LogP contribution in [0.25, 0.3) is 0 Å². The number of hydrogen-bond acceptors (Lipinski definition) is 8. The molecule has 4 N–H and O–H groups in total. The number of ketones is 1. The summed E-state index contributed by atoms with van der Waals surface area (Å²) in [5.41, 5.74) is 1.01.